The number of aromatic nitrogens is 3. The van der Waals surface area contributed by atoms with Crippen molar-refractivity contribution in [1.82, 2.24) is 20.4 Å². The molecule has 2 heterocycles. The molecule has 0 unspecified atom stereocenters. The zero-order valence-corrected chi connectivity index (χ0v) is 15.4. The first-order valence-corrected chi connectivity index (χ1v) is 8.91. The normalized spacial score (nSPS) is 10.5. The number of rotatable bonds is 6. The lowest BCUT2D eigenvalue weighted by molar-refractivity contribution is -0.119. The van der Waals surface area contributed by atoms with E-state index in [4.69, 9.17) is 10.5 Å². The molecule has 4 N–H and O–H groups in total. The fraction of sp³-hybridized carbons (Fsp3) is 0.0476. The first-order valence-electron chi connectivity index (χ1n) is 8.91. The first-order chi connectivity index (χ1) is 14.2. The molecule has 2 aromatic heterocycles. The summed E-state index contributed by atoms with van der Waals surface area (Å²) in [6.07, 6.45) is 3.22. The minimum Gasteiger partial charge on any atom is -0.435 e. The number of nitrogens with two attached hydrogens (primary N) is 1. The molecule has 0 bridgehead atoms. The van der Waals surface area contributed by atoms with Crippen molar-refractivity contribution in [2.75, 3.05) is 11.2 Å². The van der Waals surface area contributed by atoms with Crippen LogP contribution in [0.15, 0.2) is 73.2 Å². The van der Waals surface area contributed by atoms with Gasteiger partial charge in [0.1, 0.15) is 17.5 Å². The molecule has 0 aliphatic heterocycles. The number of pyridine rings is 1. The Balaban J connectivity index is 1.48. The van der Waals surface area contributed by atoms with E-state index in [1.807, 2.05) is 54.6 Å². The number of para-hydroxylation sites is 1. The van der Waals surface area contributed by atoms with E-state index in [1.54, 1.807) is 12.3 Å². The summed E-state index contributed by atoms with van der Waals surface area (Å²) in [6, 6.07) is 18.8. The average Bonchev–Trinajstić information content (AvgIpc) is 2.75. The van der Waals surface area contributed by atoms with E-state index in [2.05, 4.69) is 25.8 Å². The van der Waals surface area contributed by atoms with Crippen LogP contribution in [0.1, 0.15) is 5.56 Å². The van der Waals surface area contributed by atoms with Gasteiger partial charge in [0.05, 0.1) is 6.42 Å². The van der Waals surface area contributed by atoms with Crippen molar-refractivity contribution in [2.24, 2.45) is 0 Å². The van der Waals surface area contributed by atoms with Gasteiger partial charge in [0.15, 0.2) is 11.6 Å². The van der Waals surface area contributed by atoms with Gasteiger partial charge in [-0.2, -0.15) is 4.98 Å². The second-order valence-electron chi connectivity index (χ2n) is 6.21. The van der Waals surface area contributed by atoms with Gasteiger partial charge in [0, 0.05) is 11.6 Å². The standard InChI is InChI=1S/C21H18N6O2/c22-18-20(27-26-17(28)12-14-6-2-1-3-7-14)24-13-25-21(18)29-16-10-4-8-15-9-5-11-23-19(15)16/h1-11,13H,12,22H2,(H,26,28)(H,24,25,27). The Bertz CT molecular complexity index is 1140. The van der Waals surface area contributed by atoms with E-state index in [1.165, 1.54) is 6.33 Å². The Morgan fingerprint density at radius 1 is 0.966 bits per heavy atom. The fourth-order valence-electron chi connectivity index (χ4n) is 2.78. The van der Waals surface area contributed by atoms with Gasteiger partial charge in [-0.05, 0) is 17.7 Å². The van der Waals surface area contributed by atoms with Crippen molar-refractivity contribution in [2.45, 2.75) is 6.42 Å². The highest BCUT2D eigenvalue weighted by atomic mass is 16.5. The van der Waals surface area contributed by atoms with Gasteiger partial charge in [-0.1, -0.05) is 48.5 Å². The zero-order valence-electron chi connectivity index (χ0n) is 15.4. The van der Waals surface area contributed by atoms with E-state index in [-0.39, 0.29) is 29.7 Å². The van der Waals surface area contributed by atoms with Crippen LogP contribution in [0.3, 0.4) is 0 Å². The molecule has 1 amide bonds. The molecule has 0 spiro atoms. The Hall–Kier alpha value is -4.20. The number of anilines is 2. The molecule has 0 aliphatic carbocycles. The summed E-state index contributed by atoms with van der Waals surface area (Å²) >= 11 is 0. The fourth-order valence-corrected chi connectivity index (χ4v) is 2.78. The molecule has 8 nitrogen and oxygen atoms in total. The second kappa shape index (κ2) is 8.22. The smallest absolute Gasteiger partial charge is 0.248 e. The lowest BCUT2D eigenvalue weighted by atomic mass is 10.1. The molecule has 0 saturated heterocycles. The number of amides is 1. The number of hydrazine groups is 1. The Kier molecular flexibility index (Phi) is 5.15. The topological polar surface area (TPSA) is 115 Å². The molecular formula is C21H18N6O2. The van der Waals surface area contributed by atoms with Crippen LogP contribution in [0.25, 0.3) is 10.9 Å². The third-order valence-corrected chi connectivity index (χ3v) is 4.18. The molecule has 0 atom stereocenters. The maximum absolute atomic E-state index is 12.1. The Labute approximate surface area is 166 Å². The van der Waals surface area contributed by atoms with Crippen LogP contribution >= 0.6 is 0 Å². The predicted molar refractivity (Wildman–Crippen MR) is 110 cm³/mol. The molecule has 0 fully saturated rings. The maximum atomic E-state index is 12.1. The van der Waals surface area contributed by atoms with Crippen molar-refractivity contribution in [1.29, 1.82) is 0 Å². The summed E-state index contributed by atoms with van der Waals surface area (Å²) in [5.41, 5.74) is 13.2. The van der Waals surface area contributed by atoms with Gasteiger partial charge in [0.25, 0.3) is 0 Å². The second-order valence-corrected chi connectivity index (χ2v) is 6.21. The molecule has 29 heavy (non-hydrogen) atoms. The number of benzene rings is 2. The largest absolute Gasteiger partial charge is 0.435 e. The van der Waals surface area contributed by atoms with Crippen LogP contribution in [-0.4, -0.2) is 20.9 Å². The highest BCUT2D eigenvalue weighted by Gasteiger charge is 2.13. The number of nitrogen functional groups attached to an aromatic ring is 1. The molecule has 0 radical (unpaired) electrons. The van der Waals surface area contributed by atoms with E-state index < -0.39 is 0 Å². The zero-order chi connectivity index (χ0) is 20.1. The van der Waals surface area contributed by atoms with Gasteiger partial charge >= 0.3 is 0 Å². The lowest BCUT2D eigenvalue weighted by Gasteiger charge is -2.13. The molecule has 0 saturated carbocycles. The number of hydrogen-bond donors (Lipinski definition) is 3. The monoisotopic (exact) mass is 386 g/mol. The molecular weight excluding hydrogens is 368 g/mol. The van der Waals surface area contributed by atoms with Crippen LogP contribution in [0.2, 0.25) is 0 Å². The minimum atomic E-state index is -0.227. The first kappa shape index (κ1) is 18.2. The van der Waals surface area contributed by atoms with E-state index >= 15 is 0 Å². The van der Waals surface area contributed by atoms with Gasteiger partial charge in [-0.25, -0.2) is 4.98 Å². The number of carbonyl (C=O) groups is 1. The summed E-state index contributed by atoms with van der Waals surface area (Å²) in [5, 5.41) is 0.934. The minimum absolute atomic E-state index is 0.165. The van der Waals surface area contributed by atoms with Crippen molar-refractivity contribution < 1.29 is 9.53 Å². The third kappa shape index (κ3) is 4.22. The van der Waals surface area contributed by atoms with Crippen LogP contribution in [0.4, 0.5) is 11.5 Å². The van der Waals surface area contributed by atoms with E-state index in [0.29, 0.717) is 11.3 Å². The Morgan fingerprint density at radius 2 is 1.79 bits per heavy atom. The summed E-state index contributed by atoms with van der Waals surface area (Å²) in [6.45, 7) is 0. The highest BCUT2D eigenvalue weighted by Crippen LogP contribution is 2.32. The lowest BCUT2D eigenvalue weighted by Crippen LogP contribution is -2.31. The maximum Gasteiger partial charge on any atom is 0.248 e. The quantitative estimate of drug-likeness (QED) is 0.436. The molecule has 144 valence electrons. The molecule has 4 rings (SSSR count). The van der Waals surface area contributed by atoms with Crippen molar-refractivity contribution in [3.63, 3.8) is 0 Å². The van der Waals surface area contributed by atoms with Crippen LogP contribution in [0.5, 0.6) is 11.6 Å². The predicted octanol–water partition coefficient (Wildman–Crippen LogP) is 3.09. The number of carbonyl (C=O) groups excluding carboxylic acids is 1. The Morgan fingerprint density at radius 3 is 2.66 bits per heavy atom. The van der Waals surface area contributed by atoms with Gasteiger partial charge in [-0.3, -0.25) is 20.6 Å². The van der Waals surface area contributed by atoms with Gasteiger partial charge < -0.3 is 10.5 Å². The van der Waals surface area contributed by atoms with Gasteiger partial charge in [-0.15, -0.1) is 0 Å². The van der Waals surface area contributed by atoms with Crippen LogP contribution in [-0.2, 0) is 11.2 Å². The number of fused-ring (bicyclic) bond motifs is 1. The summed E-state index contributed by atoms with van der Waals surface area (Å²) in [7, 11) is 0. The average molecular weight is 386 g/mol. The number of nitrogens with zero attached hydrogens (tertiary/aromatic N) is 3. The molecule has 8 heteroatoms. The van der Waals surface area contributed by atoms with Gasteiger partial charge in [0.2, 0.25) is 11.8 Å². The van der Waals surface area contributed by atoms with E-state index in [0.717, 1.165) is 10.9 Å². The molecule has 0 aliphatic rings. The summed E-state index contributed by atoms with van der Waals surface area (Å²) < 4.78 is 5.87. The van der Waals surface area contributed by atoms with Crippen LogP contribution in [0, 0.1) is 0 Å². The van der Waals surface area contributed by atoms with Crippen molar-refractivity contribution in [3.05, 3.63) is 78.8 Å². The summed E-state index contributed by atoms with van der Waals surface area (Å²) in [4.78, 5) is 24.6. The van der Waals surface area contributed by atoms with Crippen molar-refractivity contribution in [3.8, 4) is 11.6 Å². The molecule has 4 aromatic rings. The number of nitrogens with one attached hydrogen (secondary N) is 2. The SMILES string of the molecule is Nc1c(NNC(=O)Cc2ccccc2)ncnc1Oc1cccc2cccnc12. The number of ether oxygens (including phenoxy) is 1. The van der Waals surface area contributed by atoms with Crippen molar-refractivity contribution >= 4 is 28.3 Å². The number of hydrogen-bond acceptors (Lipinski definition) is 7. The van der Waals surface area contributed by atoms with Crippen LogP contribution < -0.4 is 21.3 Å². The third-order valence-electron chi connectivity index (χ3n) is 4.18. The van der Waals surface area contributed by atoms with E-state index in [9.17, 15) is 4.79 Å². The molecule has 2 aromatic carbocycles. The summed E-state index contributed by atoms with van der Waals surface area (Å²) in [5.74, 6) is 0.699. The highest BCUT2D eigenvalue weighted by molar-refractivity contribution is 5.85.